The van der Waals surface area contributed by atoms with Gasteiger partial charge in [0.1, 0.15) is 10.6 Å². The lowest BCUT2D eigenvalue weighted by molar-refractivity contribution is 0.278. The van der Waals surface area contributed by atoms with Crippen molar-refractivity contribution in [3.05, 3.63) is 17.7 Å². The Bertz CT molecular complexity index is 612. The number of ether oxygens (including phenoxy) is 1. The van der Waals surface area contributed by atoms with E-state index in [-0.39, 0.29) is 10.8 Å². The van der Waals surface area contributed by atoms with E-state index in [4.69, 9.17) is 10.5 Å². The van der Waals surface area contributed by atoms with Crippen LogP contribution >= 0.6 is 0 Å². The number of nitrogens with two attached hydrogens (primary N) is 1. The van der Waals surface area contributed by atoms with Gasteiger partial charge in [-0.1, -0.05) is 20.8 Å². The number of aryl methyl sites for hydroxylation is 1. The fraction of sp³-hybridized carbons (Fsp3) is 0.600. The Morgan fingerprint density at radius 1 is 1.38 bits per heavy atom. The van der Waals surface area contributed by atoms with Gasteiger partial charge in [-0.05, 0) is 36.5 Å². The summed E-state index contributed by atoms with van der Waals surface area (Å²) in [6.07, 6.45) is 1.69. The van der Waals surface area contributed by atoms with Gasteiger partial charge in [-0.15, -0.1) is 0 Å². The summed E-state index contributed by atoms with van der Waals surface area (Å²) in [5.74, 6) is 0.746. The first kappa shape index (κ1) is 16.1. The van der Waals surface area contributed by atoms with Gasteiger partial charge in [0.25, 0.3) is 0 Å². The highest BCUT2D eigenvalue weighted by molar-refractivity contribution is 7.89. The summed E-state index contributed by atoms with van der Waals surface area (Å²) in [4.78, 5) is 0.208. The van der Waals surface area contributed by atoms with E-state index < -0.39 is 10.0 Å². The van der Waals surface area contributed by atoms with Gasteiger partial charge in [0.2, 0.25) is 10.0 Å². The zero-order chi connectivity index (χ0) is 15.6. The van der Waals surface area contributed by atoms with E-state index >= 15 is 0 Å². The maximum Gasteiger partial charge on any atom is 0.246 e. The van der Waals surface area contributed by atoms with E-state index in [0.717, 1.165) is 18.4 Å². The Kier molecular flexibility index (Phi) is 4.78. The van der Waals surface area contributed by atoms with Crippen molar-refractivity contribution >= 4 is 15.7 Å². The molecule has 0 radical (unpaired) electrons. The van der Waals surface area contributed by atoms with Crippen LogP contribution < -0.4 is 10.5 Å². The standard InChI is InChI=1S/C15H24N2O3S/c1-4-17(10-11(2)3)21(18,19)14-9-13(16)8-12-6-5-7-20-15(12)14/h8-9,11H,4-7,10,16H2,1-3H3. The highest BCUT2D eigenvalue weighted by Crippen LogP contribution is 2.36. The molecule has 1 aromatic carbocycles. The van der Waals surface area contributed by atoms with Crippen molar-refractivity contribution in [3.63, 3.8) is 0 Å². The second-order valence-corrected chi connectivity index (χ2v) is 7.72. The largest absolute Gasteiger partial charge is 0.492 e. The van der Waals surface area contributed by atoms with E-state index in [1.807, 2.05) is 26.8 Å². The molecule has 0 amide bonds. The molecule has 1 aliphatic heterocycles. The molecule has 6 heteroatoms. The Balaban J connectivity index is 2.51. The predicted octanol–water partition coefficient (Wildman–Crippen LogP) is 2.26. The van der Waals surface area contributed by atoms with Gasteiger partial charge in [-0.2, -0.15) is 4.31 Å². The Morgan fingerprint density at radius 3 is 2.71 bits per heavy atom. The summed E-state index contributed by atoms with van der Waals surface area (Å²) >= 11 is 0. The van der Waals surface area contributed by atoms with Crippen LogP contribution in [0.25, 0.3) is 0 Å². The van der Waals surface area contributed by atoms with Crippen molar-refractivity contribution in [2.75, 3.05) is 25.4 Å². The Morgan fingerprint density at radius 2 is 2.10 bits per heavy atom. The second kappa shape index (κ2) is 6.23. The molecular weight excluding hydrogens is 288 g/mol. The van der Waals surface area contributed by atoms with Gasteiger partial charge < -0.3 is 10.5 Å². The van der Waals surface area contributed by atoms with Crippen LogP contribution in [0.4, 0.5) is 5.69 Å². The van der Waals surface area contributed by atoms with Crippen LogP contribution in [0.2, 0.25) is 0 Å². The molecule has 2 rings (SSSR count). The minimum Gasteiger partial charge on any atom is -0.492 e. The zero-order valence-corrected chi connectivity index (χ0v) is 13.7. The Labute approximate surface area is 127 Å². The number of nitrogen functional groups attached to an aromatic ring is 1. The van der Waals surface area contributed by atoms with Crippen molar-refractivity contribution in [1.29, 1.82) is 0 Å². The molecule has 0 fully saturated rings. The molecule has 0 bridgehead atoms. The lowest BCUT2D eigenvalue weighted by Crippen LogP contribution is -2.34. The number of fused-ring (bicyclic) bond motifs is 1. The van der Waals surface area contributed by atoms with Crippen LogP contribution in [0.3, 0.4) is 0 Å². The van der Waals surface area contributed by atoms with Gasteiger partial charge >= 0.3 is 0 Å². The summed E-state index contributed by atoms with van der Waals surface area (Å²) in [6, 6.07) is 3.33. The van der Waals surface area contributed by atoms with Gasteiger partial charge in [0.05, 0.1) is 6.61 Å². The minimum absolute atomic E-state index is 0.208. The lowest BCUT2D eigenvalue weighted by atomic mass is 10.1. The van der Waals surface area contributed by atoms with Crippen molar-refractivity contribution in [1.82, 2.24) is 4.31 Å². The third-order valence-electron chi connectivity index (χ3n) is 3.53. The summed E-state index contributed by atoms with van der Waals surface area (Å²) in [5.41, 5.74) is 7.24. The van der Waals surface area contributed by atoms with E-state index in [1.54, 1.807) is 0 Å². The maximum atomic E-state index is 12.9. The fourth-order valence-electron chi connectivity index (χ4n) is 2.61. The predicted molar refractivity (Wildman–Crippen MR) is 83.9 cm³/mol. The molecule has 1 heterocycles. The number of hydrogen-bond donors (Lipinski definition) is 1. The molecule has 0 saturated carbocycles. The van der Waals surface area contributed by atoms with E-state index in [2.05, 4.69) is 0 Å². The van der Waals surface area contributed by atoms with Crippen LogP contribution in [0.15, 0.2) is 17.0 Å². The first-order valence-electron chi connectivity index (χ1n) is 7.41. The molecule has 1 aromatic rings. The van der Waals surface area contributed by atoms with Gasteiger partial charge in [-0.3, -0.25) is 0 Å². The summed E-state index contributed by atoms with van der Waals surface area (Å²) in [5, 5.41) is 0. The van der Waals surface area contributed by atoms with Gasteiger partial charge in [0, 0.05) is 18.8 Å². The number of anilines is 1. The first-order valence-corrected chi connectivity index (χ1v) is 8.85. The first-order chi connectivity index (χ1) is 9.86. The molecule has 5 nitrogen and oxygen atoms in total. The Hall–Kier alpha value is -1.27. The van der Waals surface area contributed by atoms with E-state index in [1.165, 1.54) is 10.4 Å². The average molecular weight is 312 g/mol. The third kappa shape index (κ3) is 3.32. The van der Waals surface area contributed by atoms with Crippen LogP contribution in [-0.2, 0) is 16.4 Å². The van der Waals surface area contributed by atoms with Crippen molar-refractivity contribution in [3.8, 4) is 5.75 Å². The number of rotatable bonds is 5. The SMILES string of the molecule is CCN(CC(C)C)S(=O)(=O)c1cc(N)cc2c1OCCC2. The van der Waals surface area contributed by atoms with Crippen molar-refractivity contribution in [2.45, 2.75) is 38.5 Å². The molecule has 0 spiro atoms. The smallest absolute Gasteiger partial charge is 0.246 e. The topological polar surface area (TPSA) is 72.6 Å². The van der Waals surface area contributed by atoms with E-state index in [0.29, 0.717) is 31.1 Å². The third-order valence-corrected chi connectivity index (χ3v) is 5.48. The molecule has 118 valence electrons. The van der Waals surface area contributed by atoms with Gasteiger partial charge in [-0.25, -0.2) is 8.42 Å². The fourth-order valence-corrected chi connectivity index (χ4v) is 4.43. The average Bonchev–Trinajstić information content (AvgIpc) is 2.43. The monoisotopic (exact) mass is 312 g/mol. The molecule has 2 N–H and O–H groups in total. The highest BCUT2D eigenvalue weighted by Gasteiger charge is 2.30. The quantitative estimate of drug-likeness (QED) is 0.847. The number of nitrogens with zero attached hydrogens (tertiary/aromatic N) is 1. The maximum absolute atomic E-state index is 12.9. The lowest BCUT2D eigenvalue weighted by Gasteiger charge is -2.26. The summed E-state index contributed by atoms with van der Waals surface area (Å²) in [7, 11) is -3.58. The highest BCUT2D eigenvalue weighted by atomic mass is 32.2. The summed E-state index contributed by atoms with van der Waals surface area (Å²) in [6.45, 7) is 7.33. The molecule has 21 heavy (non-hydrogen) atoms. The molecule has 0 aliphatic carbocycles. The van der Waals surface area contributed by atoms with Crippen LogP contribution in [0, 0.1) is 5.92 Å². The van der Waals surface area contributed by atoms with Crippen LogP contribution in [0.5, 0.6) is 5.75 Å². The van der Waals surface area contributed by atoms with Crippen molar-refractivity contribution < 1.29 is 13.2 Å². The zero-order valence-electron chi connectivity index (χ0n) is 12.9. The number of hydrogen-bond acceptors (Lipinski definition) is 4. The normalized spacial score (nSPS) is 15.1. The molecule has 0 atom stereocenters. The molecule has 0 saturated heterocycles. The van der Waals surface area contributed by atoms with Gasteiger partial charge in [0.15, 0.2) is 0 Å². The molecule has 0 aromatic heterocycles. The van der Waals surface area contributed by atoms with Crippen molar-refractivity contribution in [2.24, 2.45) is 5.92 Å². The summed E-state index contributed by atoms with van der Waals surface area (Å²) < 4.78 is 33.0. The number of benzene rings is 1. The molecule has 0 unspecified atom stereocenters. The molecule has 1 aliphatic rings. The minimum atomic E-state index is -3.58. The second-order valence-electron chi connectivity index (χ2n) is 5.81. The van der Waals surface area contributed by atoms with Crippen LogP contribution in [0.1, 0.15) is 32.8 Å². The van der Waals surface area contributed by atoms with E-state index in [9.17, 15) is 8.42 Å². The number of sulfonamides is 1. The van der Waals surface area contributed by atoms with Crippen LogP contribution in [-0.4, -0.2) is 32.4 Å². The molecular formula is C15H24N2O3S.